The average molecular weight is 307 g/mol. The van der Waals surface area contributed by atoms with E-state index in [1.165, 1.54) is 12.1 Å². The van der Waals surface area contributed by atoms with Gasteiger partial charge in [0.25, 0.3) is 0 Å². The summed E-state index contributed by atoms with van der Waals surface area (Å²) in [6, 6.07) is 3.14. The van der Waals surface area contributed by atoms with Crippen LogP contribution in [-0.4, -0.2) is 28.8 Å². The van der Waals surface area contributed by atoms with Gasteiger partial charge >= 0.3 is 12.1 Å². The Morgan fingerprint density at radius 2 is 2.00 bits per heavy atom. The zero-order chi connectivity index (χ0) is 15.3. The summed E-state index contributed by atoms with van der Waals surface area (Å²) in [6.07, 6.45) is -4.82. The van der Waals surface area contributed by atoms with Gasteiger partial charge in [-0.05, 0) is 11.6 Å². The minimum atomic E-state index is -4.48. The highest BCUT2D eigenvalue weighted by atomic mass is 32.1. The van der Waals surface area contributed by atoms with E-state index in [1.54, 1.807) is 0 Å². The Labute approximate surface area is 118 Å². The van der Waals surface area contributed by atoms with Crippen molar-refractivity contribution in [1.29, 1.82) is 0 Å². The average Bonchev–Trinajstić information content (AvgIpc) is 2.34. The van der Waals surface area contributed by atoms with Gasteiger partial charge < -0.3 is 10.4 Å². The number of halogens is 3. The summed E-state index contributed by atoms with van der Waals surface area (Å²) >= 11 is 3.77. The molecule has 1 rings (SSSR count). The van der Waals surface area contributed by atoms with Crippen LogP contribution in [0.4, 0.5) is 13.2 Å². The third kappa shape index (κ3) is 4.76. The van der Waals surface area contributed by atoms with Crippen molar-refractivity contribution in [1.82, 2.24) is 5.32 Å². The lowest BCUT2D eigenvalue weighted by molar-refractivity contribution is -0.141. The van der Waals surface area contributed by atoms with Crippen LogP contribution in [0.2, 0.25) is 0 Å². The second-order valence-electron chi connectivity index (χ2n) is 4.02. The Balaban J connectivity index is 2.74. The Morgan fingerprint density at radius 1 is 1.35 bits per heavy atom. The van der Waals surface area contributed by atoms with Gasteiger partial charge in [0.15, 0.2) is 0 Å². The number of rotatable bonds is 5. The topological polar surface area (TPSA) is 66.4 Å². The quantitative estimate of drug-likeness (QED) is 0.726. The third-order valence-electron chi connectivity index (χ3n) is 2.43. The number of benzene rings is 1. The summed E-state index contributed by atoms with van der Waals surface area (Å²) < 4.78 is 37.5. The molecule has 0 radical (unpaired) electrons. The molecule has 8 heteroatoms. The van der Waals surface area contributed by atoms with Gasteiger partial charge in [-0.15, -0.1) is 0 Å². The second-order valence-corrected chi connectivity index (χ2v) is 4.38. The normalized spacial score (nSPS) is 12.8. The fraction of sp³-hybridized carbons (Fsp3) is 0.333. The molecule has 0 saturated heterocycles. The lowest BCUT2D eigenvalue weighted by atomic mass is 10.1. The predicted octanol–water partition coefficient (Wildman–Crippen LogP) is 1.75. The predicted molar refractivity (Wildman–Crippen MR) is 68.6 cm³/mol. The molecule has 0 unspecified atom stereocenters. The molecule has 0 heterocycles. The van der Waals surface area contributed by atoms with Crippen LogP contribution in [-0.2, 0) is 22.2 Å². The van der Waals surface area contributed by atoms with Gasteiger partial charge in [0.1, 0.15) is 6.04 Å². The third-order valence-corrected chi connectivity index (χ3v) is 2.80. The summed E-state index contributed by atoms with van der Waals surface area (Å²) in [4.78, 5) is 22.2. The lowest BCUT2D eigenvalue weighted by Gasteiger charge is -2.12. The van der Waals surface area contributed by atoms with E-state index in [1.807, 2.05) is 0 Å². The van der Waals surface area contributed by atoms with Gasteiger partial charge in [0, 0.05) is 5.75 Å². The number of alkyl halides is 3. The molecule has 2 N–H and O–H groups in total. The molecule has 1 amide bonds. The van der Waals surface area contributed by atoms with E-state index in [-0.39, 0.29) is 17.7 Å². The standard InChI is InChI=1S/C12H12F3NO3S/c13-12(14,15)8-3-1-2-7(4-8)5-10(17)16-9(6-20)11(18)19/h1-4,9,20H,5-6H2,(H,16,17)(H,18,19)/t9-/m0/s1. The van der Waals surface area contributed by atoms with Crippen molar-refractivity contribution < 1.29 is 27.9 Å². The zero-order valence-corrected chi connectivity index (χ0v) is 11.0. The Morgan fingerprint density at radius 3 is 2.50 bits per heavy atom. The van der Waals surface area contributed by atoms with Crippen molar-refractivity contribution in [2.24, 2.45) is 0 Å². The van der Waals surface area contributed by atoms with Gasteiger partial charge in [0.05, 0.1) is 12.0 Å². The number of amides is 1. The molecule has 4 nitrogen and oxygen atoms in total. The summed E-state index contributed by atoms with van der Waals surface area (Å²) in [5, 5.41) is 10.9. The number of thiol groups is 1. The van der Waals surface area contributed by atoms with E-state index in [9.17, 15) is 22.8 Å². The van der Waals surface area contributed by atoms with Gasteiger partial charge in [-0.1, -0.05) is 18.2 Å². The molecule has 110 valence electrons. The van der Waals surface area contributed by atoms with Crippen LogP contribution >= 0.6 is 12.6 Å². The smallest absolute Gasteiger partial charge is 0.416 e. The molecule has 1 aromatic carbocycles. The highest BCUT2D eigenvalue weighted by molar-refractivity contribution is 7.80. The molecular weight excluding hydrogens is 295 g/mol. The maximum atomic E-state index is 12.5. The van der Waals surface area contributed by atoms with E-state index in [2.05, 4.69) is 17.9 Å². The van der Waals surface area contributed by atoms with Gasteiger partial charge in [-0.2, -0.15) is 25.8 Å². The van der Waals surface area contributed by atoms with E-state index in [0.29, 0.717) is 0 Å². The summed E-state index contributed by atoms with van der Waals surface area (Å²) in [6.45, 7) is 0. The number of hydrogen-bond acceptors (Lipinski definition) is 3. The first-order valence-corrected chi connectivity index (χ1v) is 6.16. The number of hydrogen-bond donors (Lipinski definition) is 3. The molecule has 1 aromatic rings. The maximum Gasteiger partial charge on any atom is 0.416 e. The molecule has 0 aliphatic carbocycles. The van der Waals surface area contributed by atoms with Crippen LogP contribution < -0.4 is 5.32 Å². The maximum absolute atomic E-state index is 12.5. The van der Waals surface area contributed by atoms with Crippen molar-refractivity contribution in [3.8, 4) is 0 Å². The minimum Gasteiger partial charge on any atom is -0.480 e. The van der Waals surface area contributed by atoms with E-state index < -0.39 is 29.7 Å². The molecule has 0 aliphatic heterocycles. The molecule has 0 aliphatic rings. The molecule has 0 fully saturated rings. The van der Waals surface area contributed by atoms with Crippen molar-refractivity contribution in [2.75, 3.05) is 5.75 Å². The Hall–Kier alpha value is -1.70. The fourth-order valence-electron chi connectivity index (χ4n) is 1.47. The van der Waals surface area contributed by atoms with Crippen molar-refractivity contribution in [3.05, 3.63) is 35.4 Å². The number of carboxylic acids is 1. The van der Waals surface area contributed by atoms with Crippen LogP contribution in [0.3, 0.4) is 0 Å². The van der Waals surface area contributed by atoms with E-state index in [4.69, 9.17) is 5.11 Å². The summed E-state index contributed by atoms with van der Waals surface area (Å²) in [5.41, 5.74) is -0.701. The molecule has 0 spiro atoms. The first kappa shape index (κ1) is 16.4. The number of carbonyl (C=O) groups is 2. The van der Waals surface area contributed by atoms with Crippen LogP contribution in [0.1, 0.15) is 11.1 Å². The number of carbonyl (C=O) groups excluding carboxylic acids is 1. The summed E-state index contributed by atoms with van der Waals surface area (Å²) in [5.74, 6) is -2.04. The zero-order valence-electron chi connectivity index (χ0n) is 10.1. The van der Waals surface area contributed by atoms with Crippen LogP contribution in [0.5, 0.6) is 0 Å². The Kier molecular flexibility index (Phi) is 5.43. The van der Waals surface area contributed by atoms with Gasteiger partial charge in [-0.25, -0.2) is 4.79 Å². The molecular formula is C12H12F3NO3S. The van der Waals surface area contributed by atoms with Gasteiger partial charge in [0.2, 0.25) is 5.91 Å². The molecule has 0 saturated carbocycles. The lowest BCUT2D eigenvalue weighted by Crippen LogP contribution is -2.42. The van der Waals surface area contributed by atoms with Crippen molar-refractivity contribution >= 4 is 24.5 Å². The first-order chi connectivity index (χ1) is 9.24. The van der Waals surface area contributed by atoms with E-state index in [0.717, 1.165) is 12.1 Å². The molecule has 20 heavy (non-hydrogen) atoms. The Bertz CT molecular complexity index is 505. The fourth-order valence-corrected chi connectivity index (χ4v) is 1.72. The number of nitrogens with one attached hydrogen (secondary N) is 1. The van der Waals surface area contributed by atoms with E-state index >= 15 is 0 Å². The minimum absolute atomic E-state index is 0.107. The van der Waals surface area contributed by atoms with Crippen molar-refractivity contribution in [2.45, 2.75) is 18.6 Å². The highest BCUT2D eigenvalue weighted by Crippen LogP contribution is 2.29. The largest absolute Gasteiger partial charge is 0.480 e. The van der Waals surface area contributed by atoms with Crippen molar-refractivity contribution in [3.63, 3.8) is 0 Å². The van der Waals surface area contributed by atoms with Crippen LogP contribution in [0, 0.1) is 0 Å². The number of carboxylic acid groups (broad SMARTS) is 1. The molecule has 0 aromatic heterocycles. The second kappa shape index (κ2) is 6.65. The van der Waals surface area contributed by atoms with Gasteiger partial charge in [-0.3, -0.25) is 4.79 Å². The summed E-state index contributed by atoms with van der Waals surface area (Å²) in [7, 11) is 0. The SMILES string of the molecule is O=C(Cc1cccc(C(F)(F)F)c1)N[C@@H](CS)C(=O)O. The molecule has 0 bridgehead atoms. The highest BCUT2D eigenvalue weighted by Gasteiger charge is 2.30. The van der Waals surface area contributed by atoms with Crippen LogP contribution in [0.25, 0.3) is 0 Å². The molecule has 1 atom stereocenters. The first-order valence-electron chi connectivity index (χ1n) is 5.53. The van der Waals surface area contributed by atoms with Crippen LogP contribution in [0.15, 0.2) is 24.3 Å². The number of aliphatic carboxylic acids is 1. The monoisotopic (exact) mass is 307 g/mol.